The predicted molar refractivity (Wildman–Crippen MR) is 94.8 cm³/mol. The van der Waals surface area contributed by atoms with Crippen LogP contribution in [0.1, 0.15) is 5.56 Å². The third kappa shape index (κ3) is 3.76. The normalized spacial score (nSPS) is 17.3. The van der Waals surface area contributed by atoms with E-state index >= 15 is 0 Å². The third-order valence-corrected chi connectivity index (χ3v) is 7.87. The van der Waals surface area contributed by atoms with Crippen molar-refractivity contribution in [3.8, 4) is 0 Å². The minimum Gasteiger partial charge on any atom is -0.296 e. The van der Waals surface area contributed by atoms with E-state index in [1.54, 1.807) is 18.2 Å². The first-order valence-electron chi connectivity index (χ1n) is 7.28. The van der Waals surface area contributed by atoms with Crippen LogP contribution in [0.15, 0.2) is 34.5 Å². The zero-order valence-electron chi connectivity index (χ0n) is 12.6. The maximum Gasteiger partial charge on any atom is 0.252 e. The van der Waals surface area contributed by atoms with Gasteiger partial charge in [0.05, 0.1) is 4.34 Å². The molecule has 0 N–H and O–H groups in total. The molecule has 0 radical (unpaired) electrons. The van der Waals surface area contributed by atoms with Gasteiger partial charge in [-0.3, -0.25) is 4.90 Å². The van der Waals surface area contributed by atoms with Crippen molar-refractivity contribution in [2.24, 2.45) is 0 Å². The Labute approximate surface area is 154 Å². The summed E-state index contributed by atoms with van der Waals surface area (Å²) in [5, 5.41) is 0.387. The molecule has 2 heterocycles. The van der Waals surface area contributed by atoms with E-state index in [-0.39, 0.29) is 10.0 Å². The second-order valence-electron chi connectivity index (χ2n) is 5.44. The molecule has 9 heteroatoms. The Hall–Kier alpha value is -0.700. The number of benzene rings is 1. The first-order valence-corrected chi connectivity index (χ1v) is 10.3. The minimum absolute atomic E-state index is 0.248. The van der Waals surface area contributed by atoms with E-state index in [2.05, 4.69) is 0 Å². The van der Waals surface area contributed by atoms with Crippen LogP contribution in [0, 0.1) is 5.82 Å². The molecule has 2 aromatic rings. The monoisotopic (exact) mass is 408 g/mol. The van der Waals surface area contributed by atoms with Gasteiger partial charge in [-0.15, -0.1) is 11.3 Å². The lowest BCUT2D eigenvalue weighted by atomic mass is 10.2. The van der Waals surface area contributed by atoms with Crippen molar-refractivity contribution in [1.82, 2.24) is 9.21 Å². The highest BCUT2D eigenvalue weighted by Gasteiger charge is 2.30. The molecule has 3 rings (SSSR count). The number of nitrogens with zero attached hydrogens (tertiary/aromatic N) is 2. The largest absolute Gasteiger partial charge is 0.296 e. The summed E-state index contributed by atoms with van der Waals surface area (Å²) in [6.07, 6.45) is 0. The fraction of sp³-hybridized carbons (Fsp3) is 0.333. The van der Waals surface area contributed by atoms with Crippen molar-refractivity contribution in [3.63, 3.8) is 0 Å². The number of hydrogen-bond acceptors (Lipinski definition) is 4. The Bertz CT molecular complexity index is 813. The maximum absolute atomic E-state index is 13.9. The second-order valence-corrected chi connectivity index (χ2v) is 9.73. The van der Waals surface area contributed by atoms with E-state index in [0.717, 1.165) is 11.3 Å². The van der Waals surface area contributed by atoms with Gasteiger partial charge in [-0.05, 0) is 24.3 Å². The minimum atomic E-state index is -3.51. The quantitative estimate of drug-likeness (QED) is 0.773. The van der Waals surface area contributed by atoms with E-state index in [1.807, 2.05) is 4.90 Å². The Morgan fingerprint density at radius 3 is 2.38 bits per heavy atom. The number of hydrogen-bond donors (Lipinski definition) is 0. The van der Waals surface area contributed by atoms with E-state index < -0.39 is 10.0 Å². The molecule has 0 atom stereocenters. The van der Waals surface area contributed by atoms with Crippen LogP contribution in [0.2, 0.25) is 9.36 Å². The SMILES string of the molecule is O=S(=O)(c1ccc(Cl)s1)N1CCN(Cc2c(F)cccc2Cl)CC1. The highest BCUT2D eigenvalue weighted by molar-refractivity contribution is 7.91. The summed E-state index contributed by atoms with van der Waals surface area (Å²) < 4.78 is 41.1. The molecule has 1 aliphatic rings. The van der Waals surface area contributed by atoms with Crippen LogP contribution in [0.3, 0.4) is 0 Å². The standard InChI is InChI=1S/C15H15Cl2FN2O2S2/c16-12-2-1-3-13(18)11(12)10-19-6-8-20(9-7-19)24(21,22)15-5-4-14(17)23-15/h1-5H,6-10H2. The summed E-state index contributed by atoms with van der Waals surface area (Å²) in [4.78, 5) is 2.00. The maximum atomic E-state index is 13.9. The van der Waals surface area contributed by atoms with Gasteiger partial charge in [0, 0.05) is 43.3 Å². The summed E-state index contributed by atoms with van der Waals surface area (Å²) in [7, 11) is -3.51. The van der Waals surface area contributed by atoms with Gasteiger partial charge in [0.2, 0.25) is 0 Å². The average Bonchev–Trinajstić information content (AvgIpc) is 2.99. The highest BCUT2D eigenvalue weighted by Crippen LogP contribution is 2.29. The summed E-state index contributed by atoms with van der Waals surface area (Å²) in [6, 6.07) is 7.70. The van der Waals surface area contributed by atoms with E-state index in [4.69, 9.17) is 23.2 Å². The van der Waals surface area contributed by atoms with Gasteiger partial charge in [-0.1, -0.05) is 29.3 Å². The molecule has 1 aliphatic heterocycles. The molecule has 4 nitrogen and oxygen atoms in total. The van der Waals surface area contributed by atoms with Crippen LogP contribution in [0.25, 0.3) is 0 Å². The summed E-state index contributed by atoms with van der Waals surface area (Å²) in [5.41, 5.74) is 0.445. The number of halogens is 3. The molecule has 0 saturated carbocycles. The first-order chi connectivity index (χ1) is 11.4. The van der Waals surface area contributed by atoms with Gasteiger partial charge in [0.15, 0.2) is 0 Å². The van der Waals surface area contributed by atoms with Crippen LogP contribution in [-0.4, -0.2) is 43.8 Å². The van der Waals surface area contributed by atoms with E-state index in [0.29, 0.717) is 47.6 Å². The third-order valence-electron chi connectivity index (χ3n) is 3.92. The zero-order valence-corrected chi connectivity index (χ0v) is 15.7. The smallest absolute Gasteiger partial charge is 0.252 e. The van der Waals surface area contributed by atoms with Crippen molar-refractivity contribution in [2.75, 3.05) is 26.2 Å². The summed E-state index contributed by atoms with van der Waals surface area (Å²) in [5.74, 6) is -0.342. The molecule has 0 amide bonds. The average molecular weight is 409 g/mol. The Balaban J connectivity index is 1.66. The van der Waals surface area contributed by atoms with Crippen LogP contribution in [0.4, 0.5) is 4.39 Å². The topological polar surface area (TPSA) is 40.6 Å². The molecule has 1 aromatic heterocycles. The number of sulfonamides is 1. The Kier molecular flexibility index (Phi) is 5.48. The predicted octanol–water partition coefficient (Wildman–Crippen LogP) is 3.70. The molecule has 1 aromatic carbocycles. The van der Waals surface area contributed by atoms with Gasteiger partial charge in [0.25, 0.3) is 10.0 Å². The molecule has 1 saturated heterocycles. The lowest BCUT2D eigenvalue weighted by Gasteiger charge is -2.33. The van der Waals surface area contributed by atoms with Gasteiger partial charge in [-0.25, -0.2) is 12.8 Å². The molecule has 0 aliphatic carbocycles. The van der Waals surface area contributed by atoms with Crippen molar-refractivity contribution in [1.29, 1.82) is 0 Å². The van der Waals surface area contributed by atoms with Crippen LogP contribution >= 0.6 is 34.5 Å². The van der Waals surface area contributed by atoms with Crippen molar-refractivity contribution < 1.29 is 12.8 Å². The number of rotatable bonds is 4. The van der Waals surface area contributed by atoms with Crippen molar-refractivity contribution in [3.05, 3.63) is 51.1 Å². The van der Waals surface area contributed by atoms with Crippen molar-refractivity contribution >= 4 is 44.6 Å². The first kappa shape index (κ1) is 18.1. The Morgan fingerprint density at radius 1 is 1.08 bits per heavy atom. The summed E-state index contributed by atoms with van der Waals surface area (Å²) in [6.45, 7) is 2.10. The number of thiophene rings is 1. The molecule has 0 spiro atoms. The van der Waals surface area contributed by atoms with Gasteiger partial charge < -0.3 is 0 Å². The lowest BCUT2D eigenvalue weighted by Crippen LogP contribution is -2.48. The van der Waals surface area contributed by atoms with Crippen LogP contribution in [-0.2, 0) is 16.6 Å². The van der Waals surface area contributed by atoms with E-state index in [9.17, 15) is 12.8 Å². The zero-order chi connectivity index (χ0) is 17.3. The molecular formula is C15H15Cl2FN2O2S2. The van der Waals surface area contributed by atoms with Gasteiger partial charge >= 0.3 is 0 Å². The molecule has 24 heavy (non-hydrogen) atoms. The lowest BCUT2D eigenvalue weighted by molar-refractivity contribution is 0.180. The van der Waals surface area contributed by atoms with Crippen molar-refractivity contribution in [2.45, 2.75) is 10.8 Å². The highest BCUT2D eigenvalue weighted by atomic mass is 35.5. The number of piperazine rings is 1. The summed E-state index contributed by atoms with van der Waals surface area (Å²) >= 11 is 12.9. The van der Waals surface area contributed by atoms with Gasteiger partial charge in [-0.2, -0.15) is 4.31 Å². The molecule has 0 bridgehead atoms. The molecule has 130 valence electrons. The molecular weight excluding hydrogens is 394 g/mol. The second kappa shape index (κ2) is 7.27. The van der Waals surface area contributed by atoms with E-state index in [1.165, 1.54) is 16.4 Å². The fourth-order valence-electron chi connectivity index (χ4n) is 2.60. The van der Waals surface area contributed by atoms with Crippen LogP contribution in [0.5, 0.6) is 0 Å². The van der Waals surface area contributed by atoms with Gasteiger partial charge in [0.1, 0.15) is 10.0 Å². The fourth-order valence-corrected chi connectivity index (χ4v) is 5.88. The molecule has 1 fully saturated rings. The molecule has 0 unspecified atom stereocenters. The van der Waals surface area contributed by atoms with Crippen LogP contribution < -0.4 is 0 Å². The Morgan fingerprint density at radius 2 is 1.79 bits per heavy atom.